The Morgan fingerprint density at radius 1 is 1.16 bits per heavy atom. The lowest BCUT2D eigenvalue weighted by Crippen LogP contribution is -2.34. The Hall–Kier alpha value is -3.10. The Labute approximate surface area is 190 Å². The molecule has 166 valence electrons. The molecule has 3 heterocycles. The summed E-state index contributed by atoms with van der Waals surface area (Å²) in [5.74, 6) is 2.18. The Kier molecular flexibility index (Phi) is 5.48. The number of methoxy groups -OCH3 is 1. The van der Waals surface area contributed by atoms with Gasteiger partial charge in [0.25, 0.3) is 0 Å². The highest BCUT2D eigenvalue weighted by molar-refractivity contribution is 7.17. The minimum atomic E-state index is -0.165. The summed E-state index contributed by atoms with van der Waals surface area (Å²) >= 11 is 1.48. The van der Waals surface area contributed by atoms with Crippen LogP contribution < -0.4 is 9.47 Å². The van der Waals surface area contributed by atoms with Gasteiger partial charge in [-0.05, 0) is 49.1 Å². The van der Waals surface area contributed by atoms with Crippen molar-refractivity contribution in [2.24, 2.45) is 0 Å². The first-order valence-electron chi connectivity index (χ1n) is 10.8. The van der Waals surface area contributed by atoms with Gasteiger partial charge >= 0.3 is 0 Å². The minimum Gasteiger partial charge on any atom is -0.493 e. The highest BCUT2D eigenvalue weighted by Gasteiger charge is 2.32. The molecule has 1 atom stereocenters. The molecule has 0 saturated carbocycles. The number of hydrogen-bond acceptors (Lipinski definition) is 7. The number of hydrogen-bond donors (Lipinski definition) is 1. The molecule has 1 aliphatic rings. The molecular weight excluding hydrogens is 424 g/mol. The van der Waals surface area contributed by atoms with Crippen molar-refractivity contribution >= 4 is 16.3 Å². The standard InChI is InChI=1S/C24H26N4O3S/c1-4-31-19-10-9-17(13-20(19)30-3)21(22-23(29)28-24(32-22)25-15(2)26-28)27-12-11-16-7-5-6-8-18(16)14-27/h5-10,13,21,29H,4,11-12,14H2,1-3H3/t21-/m0/s1. The molecule has 7 nitrogen and oxygen atoms in total. The van der Waals surface area contributed by atoms with Crippen LogP contribution >= 0.6 is 11.3 Å². The number of rotatable bonds is 6. The second kappa shape index (κ2) is 8.44. The maximum atomic E-state index is 11.1. The minimum absolute atomic E-state index is 0.141. The van der Waals surface area contributed by atoms with E-state index in [1.54, 1.807) is 7.11 Å². The largest absolute Gasteiger partial charge is 0.493 e. The molecule has 8 heteroatoms. The van der Waals surface area contributed by atoms with Crippen molar-refractivity contribution in [2.45, 2.75) is 32.9 Å². The number of ether oxygens (including phenoxy) is 2. The van der Waals surface area contributed by atoms with E-state index < -0.39 is 0 Å². The van der Waals surface area contributed by atoms with E-state index in [4.69, 9.17) is 9.47 Å². The average molecular weight is 451 g/mol. The van der Waals surface area contributed by atoms with Gasteiger partial charge in [-0.25, -0.2) is 4.98 Å². The average Bonchev–Trinajstić information content (AvgIpc) is 3.32. The topological polar surface area (TPSA) is 72.1 Å². The van der Waals surface area contributed by atoms with Gasteiger partial charge in [-0.2, -0.15) is 4.52 Å². The first kappa shape index (κ1) is 20.8. The molecule has 0 radical (unpaired) electrons. The maximum Gasteiger partial charge on any atom is 0.230 e. The molecule has 0 saturated heterocycles. The summed E-state index contributed by atoms with van der Waals surface area (Å²) in [5, 5.41) is 15.5. The van der Waals surface area contributed by atoms with Crippen LogP contribution in [0.4, 0.5) is 0 Å². The Morgan fingerprint density at radius 2 is 1.97 bits per heavy atom. The molecule has 32 heavy (non-hydrogen) atoms. The van der Waals surface area contributed by atoms with Crippen molar-refractivity contribution in [3.05, 3.63) is 69.9 Å². The fourth-order valence-electron chi connectivity index (χ4n) is 4.42. The van der Waals surface area contributed by atoms with Crippen LogP contribution in [0.3, 0.4) is 0 Å². The third kappa shape index (κ3) is 3.59. The molecule has 0 unspecified atom stereocenters. The zero-order valence-corrected chi connectivity index (χ0v) is 19.2. The second-order valence-corrected chi connectivity index (χ2v) is 8.89. The molecule has 0 aliphatic carbocycles. The lowest BCUT2D eigenvalue weighted by Gasteiger charge is -2.35. The number of thiazole rings is 1. The van der Waals surface area contributed by atoms with Gasteiger partial charge in [-0.15, -0.1) is 5.10 Å². The van der Waals surface area contributed by atoms with Crippen LogP contribution in [0.5, 0.6) is 17.4 Å². The van der Waals surface area contributed by atoms with E-state index in [9.17, 15) is 5.11 Å². The molecule has 2 aromatic carbocycles. The molecule has 0 amide bonds. The van der Waals surface area contributed by atoms with E-state index in [2.05, 4.69) is 45.3 Å². The van der Waals surface area contributed by atoms with Gasteiger partial charge in [-0.3, -0.25) is 4.90 Å². The second-order valence-electron chi connectivity index (χ2n) is 7.88. The summed E-state index contributed by atoms with van der Waals surface area (Å²) in [6.07, 6.45) is 0.960. The summed E-state index contributed by atoms with van der Waals surface area (Å²) in [5.41, 5.74) is 3.73. The Balaban J connectivity index is 1.62. The summed E-state index contributed by atoms with van der Waals surface area (Å²) in [7, 11) is 1.65. The van der Waals surface area contributed by atoms with Crippen LogP contribution in [0.15, 0.2) is 42.5 Å². The van der Waals surface area contributed by atoms with Crippen molar-refractivity contribution in [3.8, 4) is 17.4 Å². The van der Waals surface area contributed by atoms with Gasteiger partial charge in [0.1, 0.15) is 5.82 Å². The molecule has 2 aromatic heterocycles. The van der Waals surface area contributed by atoms with E-state index in [0.717, 1.165) is 30.0 Å². The third-order valence-corrected chi connectivity index (χ3v) is 6.96. The van der Waals surface area contributed by atoms with Crippen molar-refractivity contribution in [1.29, 1.82) is 0 Å². The summed E-state index contributed by atoms with van der Waals surface area (Å²) < 4.78 is 12.9. The van der Waals surface area contributed by atoms with Crippen LogP contribution in [0, 0.1) is 6.92 Å². The van der Waals surface area contributed by atoms with Gasteiger partial charge in [0.2, 0.25) is 10.8 Å². The molecule has 0 bridgehead atoms. The van der Waals surface area contributed by atoms with E-state index in [1.165, 1.54) is 27.0 Å². The van der Waals surface area contributed by atoms with Crippen molar-refractivity contribution in [2.75, 3.05) is 20.3 Å². The van der Waals surface area contributed by atoms with E-state index in [0.29, 0.717) is 28.9 Å². The first-order valence-corrected chi connectivity index (χ1v) is 11.6. The SMILES string of the molecule is CCOc1ccc([C@@H](c2sc3nc(C)nn3c2O)N2CCc3ccccc3C2)cc1OC. The number of aromatic hydroxyl groups is 1. The van der Waals surface area contributed by atoms with E-state index >= 15 is 0 Å². The maximum absolute atomic E-state index is 11.1. The van der Waals surface area contributed by atoms with E-state index in [1.807, 2.05) is 26.0 Å². The predicted octanol–water partition coefficient (Wildman–Crippen LogP) is 4.36. The number of benzene rings is 2. The van der Waals surface area contributed by atoms with Crippen LogP contribution in [0.2, 0.25) is 0 Å². The molecule has 0 spiro atoms. The molecule has 4 aromatic rings. The highest BCUT2D eigenvalue weighted by Crippen LogP contribution is 2.43. The Bertz CT molecular complexity index is 1270. The van der Waals surface area contributed by atoms with Gasteiger partial charge in [0.15, 0.2) is 11.5 Å². The zero-order chi connectivity index (χ0) is 22.2. The number of aromatic nitrogens is 3. The Morgan fingerprint density at radius 3 is 2.72 bits per heavy atom. The quantitative estimate of drug-likeness (QED) is 0.471. The normalized spacial score (nSPS) is 15.0. The zero-order valence-electron chi connectivity index (χ0n) is 18.4. The number of fused-ring (bicyclic) bond motifs is 2. The van der Waals surface area contributed by atoms with Crippen LogP contribution in [-0.4, -0.2) is 44.9 Å². The monoisotopic (exact) mass is 450 g/mol. The number of aryl methyl sites for hydroxylation is 1. The van der Waals surface area contributed by atoms with Gasteiger partial charge in [-0.1, -0.05) is 41.7 Å². The summed E-state index contributed by atoms with van der Waals surface area (Å²) in [6.45, 7) is 6.02. The fourth-order valence-corrected chi connectivity index (χ4v) is 5.58. The summed E-state index contributed by atoms with van der Waals surface area (Å²) in [4.78, 5) is 8.38. The van der Waals surface area contributed by atoms with Gasteiger partial charge in [0.05, 0.1) is 24.6 Å². The molecule has 5 rings (SSSR count). The van der Waals surface area contributed by atoms with Crippen molar-refractivity contribution in [1.82, 2.24) is 19.5 Å². The smallest absolute Gasteiger partial charge is 0.230 e. The summed E-state index contributed by atoms with van der Waals surface area (Å²) in [6, 6.07) is 14.4. The fraction of sp³-hybridized carbons (Fsp3) is 0.333. The van der Waals surface area contributed by atoms with Crippen molar-refractivity contribution in [3.63, 3.8) is 0 Å². The highest BCUT2D eigenvalue weighted by atomic mass is 32.1. The van der Waals surface area contributed by atoms with Crippen molar-refractivity contribution < 1.29 is 14.6 Å². The lowest BCUT2D eigenvalue weighted by molar-refractivity contribution is 0.204. The van der Waals surface area contributed by atoms with Gasteiger partial charge < -0.3 is 14.6 Å². The van der Waals surface area contributed by atoms with Crippen LogP contribution in [0.25, 0.3) is 4.96 Å². The predicted molar refractivity (Wildman–Crippen MR) is 124 cm³/mol. The first-order chi connectivity index (χ1) is 15.6. The third-order valence-electron chi connectivity index (χ3n) is 5.88. The number of nitrogens with zero attached hydrogens (tertiary/aromatic N) is 4. The van der Waals surface area contributed by atoms with Gasteiger partial charge in [0, 0.05) is 13.1 Å². The molecule has 1 N–H and O–H groups in total. The molecule has 1 aliphatic heterocycles. The molecular formula is C24H26N4O3S. The molecule has 0 fully saturated rings. The van der Waals surface area contributed by atoms with Crippen LogP contribution in [0.1, 0.15) is 40.4 Å². The van der Waals surface area contributed by atoms with Crippen LogP contribution in [-0.2, 0) is 13.0 Å². The lowest BCUT2D eigenvalue weighted by atomic mass is 9.95. The van der Waals surface area contributed by atoms with E-state index in [-0.39, 0.29) is 11.9 Å².